The van der Waals surface area contributed by atoms with Crippen molar-refractivity contribution in [1.29, 1.82) is 0 Å². The van der Waals surface area contributed by atoms with E-state index in [0.717, 1.165) is 29.7 Å². The van der Waals surface area contributed by atoms with Crippen molar-refractivity contribution >= 4 is 5.91 Å². The standard InChI is InChI=1S/C29H33NO2/c1-4-27(32-25-16-15-22-10-8-9-13-24(22)19-25)29(31)30-28(23-11-6-5-7-12-23)26-17-14-20(2)18-21(26)3/h5-7,11-12,14-19,27-28H,4,8-10,13H2,1-3H3,(H,30,31)/t27-,28-/m1/s1. The Kier molecular flexibility index (Phi) is 6.94. The number of amides is 1. The molecule has 0 unspecified atom stereocenters. The molecule has 1 amide bonds. The van der Waals surface area contributed by atoms with Gasteiger partial charge in [0.2, 0.25) is 0 Å². The summed E-state index contributed by atoms with van der Waals surface area (Å²) >= 11 is 0. The van der Waals surface area contributed by atoms with Crippen molar-refractivity contribution in [2.24, 2.45) is 0 Å². The summed E-state index contributed by atoms with van der Waals surface area (Å²) in [7, 11) is 0. The van der Waals surface area contributed by atoms with E-state index in [1.54, 1.807) is 0 Å². The Morgan fingerprint density at radius 3 is 2.41 bits per heavy atom. The second-order valence-corrected chi connectivity index (χ2v) is 8.86. The van der Waals surface area contributed by atoms with Crippen molar-refractivity contribution in [3.05, 3.63) is 100 Å². The van der Waals surface area contributed by atoms with Crippen LogP contribution in [0.4, 0.5) is 0 Å². The molecule has 1 aliphatic carbocycles. The van der Waals surface area contributed by atoms with Crippen LogP contribution in [0, 0.1) is 13.8 Å². The van der Waals surface area contributed by atoms with E-state index in [0.29, 0.717) is 6.42 Å². The Morgan fingerprint density at radius 2 is 1.69 bits per heavy atom. The molecule has 166 valence electrons. The van der Waals surface area contributed by atoms with Crippen LogP contribution in [-0.4, -0.2) is 12.0 Å². The Labute approximate surface area is 191 Å². The van der Waals surface area contributed by atoms with Gasteiger partial charge in [0.1, 0.15) is 5.75 Å². The topological polar surface area (TPSA) is 38.3 Å². The van der Waals surface area contributed by atoms with Gasteiger partial charge in [0.05, 0.1) is 6.04 Å². The minimum atomic E-state index is -0.534. The highest BCUT2D eigenvalue weighted by Crippen LogP contribution is 2.28. The third-order valence-electron chi connectivity index (χ3n) is 6.42. The van der Waals surface area contributed by atoms with E-state index in [2.05, 4.69) is 61.6 Å². The zero-order valence-electron chi connectivity index (χ0n) is 19.4. The van der Waals surface area contributed by atoms with Crippen molar-refractivity contribution in [3.8, 4) is 5.75 Å². The predicted molar refractivity (Wildman–Crippen MR) is 130 cm³/mol. The number of hydrogen-bond acceptors (Lipinski definition) is 2. The van der Waals surface area contributed by atoms with Gasteiger partial charge in [-0.25, -0.2) is 0 Å². The van der Waals surface area contributed by atoms with Crippen LogP contribution in [0.15, 0.2) is 66.7 Å². The van der Waals surface area contributed by atoms with Crippen LogP contribution in [0.2, 0.25) is 0 Å². The summed E-state index contributed by atoms with van der Waals surface area (Å²) in [5.41, 5.74) is 7.34. The van der Waals surface area contributed by atoms with Crippen molar-refractivity contribution in [3.63, 3.8) is 0 Å². The quantitative estimate of drug-likeness (QED) is 0.484. The fourth-order valence-electron chi connectivity index (χ4n) is 4.64. The fraction of sp³-hybridized carbons (Fsp3) is 0.345. The van der Waals surface area contributed by atoms with Gasteiger partial charge in [0, 0.05) is 0 Å². The van der Waals surface area contributed by atoms with Gasteiger partial charge in [-0.1, -0.05) is 67.1 Å². The highest BCUT2D eigenvalue weighted by molar-refractivity contribution is 5.82. The number of carbonyl (C=O) groups is 1. The van der Waals surface area contributed by atoms with Crippen LogP contribution in [0.25, 0.3) is 0 Å². The molecule has 0 fully saturated rings. The van der Waals surface area contributed by atoms with E-state index in [-0.39, 0.29) is 11.9 Å². The van der Waals surface area contributed by atoms with Gasteiger partial charge in [0.25, 0.3) is 5.91 Å². The maximum atomic E-state index is 13.4. The highest BCUT2D eigenvalue weighted by Gasteiger charge is 2.25. The Morgan fingerprint density at radius 1 is 0.938 bits per heavy atom. The smallest absolute Gasteiger partial charge is 0.261 e. The number of aryl methyl sites for hydroxylation is 4. The largest absolute Gasteiger partial charge is 0.481 e. The maximum absolute atomic E-state index is 13.4. The van der Waals surface area contributed by atoms with Crippen molar-refractivity contribution in [2.45, 2.75) is 65.0 Å². The molecule has 0 spiro atoms. The van der Waals surface area contributed by atoms with Crippen LogP contribution in [0.3, 0.4) is 0 Å². The van der Waals surface area contributed by atoms with Crippen LogP contribution < -0.4 is 10.1 Å². The second-order valence-electron chi connectivity index (χ2n) is 8.86. The number of carbonyl (C=O) groups excluding carboxylic acids is 1. The summed E-state index contributed by atoms with van der Waals surface area (Å²) in [5.74, 6) is 0.703. The van der Waals surface area contributed by atoms with Gasteiger partial charge in [-0.05, 0) is 85.9 Å². The number of benzene rings is 3. The lowest BCUT2D eigenvalue weighted by Gasteiger charge is -2.25. The average molecular weight is 428 g/mol. The van der Waals surface area contributed by atoms with Crippen LogP contribution in [-0.2, 0) is 17.6 Å². The average Bonchev–Trinajstić information content (AvgIpc) is 2.81. The van der Waals surface area contributed by atoms with Crippen LogP contribution >= 0.6 is 0 Å². The zero-order valence-corrected chi connectivity index (χ0v) is 19.4. The van der Waals surface area contributed by atoms with Gasteiger partial charge in [-0.2, -0.15) is 0 Å². The van der Waals surface area contributed by atoms with E-state index in [4.69, 9.17) is 4.74 Å². The lowest BCUT2D eigenvalue weighted by Crippen LogP contribution is -2.40. The van der Waals surface area contributed by atoms with Gasteiger partial charge < -0.3 is 10.1 Å². The van der Waals surface area contributed by atoms with Crippen molar-refractivity contribution in [2.75, 3.05) is 0 Å². The molecule has 0 saturated carbocycles. The molecule has 0 aliphatic heterocycles. The number of hydrogen-bond donors (Lipinski definition) is 1. The molecule has 3 aromatic rings. The maximum Gasteiger partial charge on any atom is 0.261 e. The number of fused-ring (bicyclic) bond motifs is 1. The van der Waals surface area contributed by atoms with Gasteiger partial charge in [0.15, 0.2) is 6.10 Å². The fourth-order valence-corrected chi connectivity index (χ4v) is 4.64. The van der Waals surface area contributed by atoms with Crippen molar-refractivity contribution < 1.29 is 9.53 Å². The summed E-state index contributed by atoms with van der Waals surface area (Å²) in [6.45, 7) is 6.19. The molecule has 0 heterocycles. The number of rotatable bonds is 7. The molecular formula is C29H33NO2. The number of ether oxygens (including phenoxy) is 1. The lowest BCUT2D eigenvalue weighted by molar-refractivity contribution is -0.128. The first-order valence-electron chi connectivity index (χ1n) is 11.8. The van der Waals surface area contributed by atoms with E-state index >= 15 is 0 Å². The predicted octanol–water partition coefficient (Wildman–Crippen LogP) is 6.25. The van der Waals surface area contributed by atoms with Gasteiger partial charge in [-0.15, -0.1) is 0 Å². The SMILES string of the molecule is CC[C@@H](Oc1ccc2c(c1)CCCC2)C(=O)N[C@H](c1ccccc1)c1ccc(C)cc1C. The normalized spacial score (nSPS) is 14.8. The monoisotopic (exact) mass is 427 g/mol. The Hall–Kier alpha value is -3.07. The molecule has 2 atom stereocenters. The lowest BCUT2D eigenvalue weighted by atomic mass is 9.92. The Balaban J connectivity index is 1.56. The summed E-state index contributed by atoms with van der Waals surface area (Å²) in [4.78, 5) is 13.4. The minimum absolute atomic E-state index is 0.0842. The Bertz CT molecular complexity index is 1070. The van der Waals surface area contributed by atoms with Crippen LogP contribution in [0.5, 0.6) is 5.75 Å². The first-order chi connectivity index (χ1) is 15.5. The molecule has 3 heteroatoms. The second kappa shape index (κ2) is 10.0. The molecule has 4 rings (SSSR count). The van der Waals surface area contributed by atoms with E-state index in [9.17, 15) is 4.79 Å². The molecule has 3 nitrogen and oxygen atoms in total. The minimum Gasteiger partial charge on any atom is -0.481 e. The molecule has 0 bridgehead atoms. The zero-order chi connectivity index (χ0) is 22.5. The third-order valence-corrected chi connectivity index (χ3v) is 6.42. The summed E-state index contributed by atoms with van der Waals surface area (Å²) in [5, 5.41) is 3.28. The van der Waals surface area contributed by atoms with Crippen LogP contribution in [0.1, 0.15) is 65.6 Å². The highest BCUT2D eigenvalue weighted by atomic mass is 16.5. The molecular weight excluding hydrogens is 394 g/mol. The molecule has 1 aliphatic rings. The summed E-state index contributed by atoms with van der Waals surface area (Å²) < 4.78 is 6.20. The summed E-state index contributed by atoms with van der Waals surface area (Å²) in [6, 6.07) is 22.6. The van der Waals surface area contributed by atoms with E-state index in [1.807, 2.05) is 31.2 Å². The van der Waals surface area contributed by atoms with Crippen molar-refractivity contribution in [1.82, 2.24) is 5.32 Å². The number of nitrogens with one attached hydrogen (secondary N) is 1. The molecule has 32 heavy (non-hydrogen) atoms. The molecule has 3 aromatic carbocycles. The van der Waals surface area contributed by atoms with Gasteiger partial charge in [-0.3, -0.25) is 4.79 Å². The molecule has 1 N–H and O–H groups in total. The summed E-state index contributed by atoms with van der Waals surface area (Å²) in [6.07, 6.45) is 4.79. The first kappa shape index (κ1) is 22.1. The van der Waals surface area contributed by atoms with Gasteiger partial charge >= 0.3 is 0 Å². The van der Waals surface area contributed by atoms with E-state index in [1.165, 1.54) is 35.1 Å². The molecule has 0 saturated heterocycles. The first-order valence-corrected chi connectivity index (χ1v) is 11.8. The van der Waals surface area contributed by atoms with E-state index < -0.39 is 6.10 Å². The third kappa shape index (κ3) is 5.04. The molecule has 0 aromatic heterocycles. The molecule has 0 radical (unpaired) electrons.